The predicted octanol–water partition coefficient (Wildman–Crippen LogP) is 0.975. The van der Waals surface area contributed by atoms with Gasteiger partial charge >= 0.3 is 0 Å². The molecule has 0 saturated carbocycles. The van der Waals surface area contributed by atoms with Crippen molar-refractivity contribution < 1.29 is 14.1 Å². The van der Waals surface area contributed by atoms with E-state index in [1.54, 1.807) is 11.8 Å². The number of carbonyl (C=O) groups is 2. The standard InChI is InChI=1S/C15H16N4O3S/c20-12-6-7-23-9-11(17-12)15(21)16-8-13-18-14(19-22-13)10-4-2-1-3-5-10/h1-5,11H,6-9H2,(H,16,21)(H,17,20). The van der Waals surface area contributed by atoms with Crippen molar-refractivity contribution in [2.75, 3.05) is 11.5 Å². The molecule has 0 radical (unpaired) electrons. The number of benzene rings is 1. The molecule has 1 fully saturated rings. The lowest BCUT2D eigenvalue weighted by molar-refractivity contribution is -0.128. The van der Waals surface area contributed by atoms with Gasteiger partial charge in [0.15, 0.2) is 0 Å². The van der Waals surface area contributed by atoms with Crippen molar-refractivity contribution in [3.63, 3.8) is 0 Å². The molecule has 2 N–H and O–H groups in total. The highest BCUT2D eigenvalue weighted by Crippen LogP contribution is 2.14. The number of rotatable bonds is 4. The Balaban J connectivity index is 1.57. The lowest BCUT2D eigenvalue weighted by atomic mass is 10.2. The zero-order valence-electron chi connectivity index (χ0n) is 12.3. The molecule has 2 heterocycles. The van der Waals surface area contributed by atoms with Crippen LogP contribution < -0.4 is 10.6 Å². The van der Waals surface area contributed by atoms with Crippen LogP contribution in [0, 0.1) is 0 Å². The largest absolute Gasteiger partial charge is 0.345 e. The molecule has 1 saturated heterocycles. The van der Waals surface area contributed by atoms with Crippen LogP contribution in [0.5, 0.6) is 0 Å². The number of hydrogen-bond donors (Lipinski definition) is 2. The molecular formula is C15H16N4O3S. The lowest BCUT2D eigenvalue weighted by Crippen LogP contribution is -2.47. The molecule has 0 spiro atoms. The van der Waals surface area contributed by atoms with Gasteiger partial charge in [0.1, 0.15) is 6.04 Å². The highest BCUT2D eigenvalue weighted by atomic mass is 32.2. The zero-order valence-corrected chi connectivity index (χ0v) is 13.1. The Hall–Kier alpha value is -2.35. The van der Waals surface area contributed by atoms with E-state index in [1.807, 2.05) is 30.3 Å². The van der Waals surface area contributed by atoms with Crippen LogP contribution in [0.3, 0.4) is 0 Å². The molecule has 8 heteroatoms. The van der Waals surface area contributed by atoms with E-state index in [-0.39, 0.29) is 18.4 Å². The van der Waals surface area contributed by atoms with Crippen molar-refractivity contribution in [3.8, 4) is 11.4 Å². The van der Waals surface area contributed by atoms with Crippen LogP contribution >= 0.6 is 11.8 Å². The second-order valence-corrected chi connectivity index (χ2v) is 6.19. The maximum Gasteiger partial charge on any atom is 0.246 e. The third-order valence-corrected chi connectivity index (χ3v) is 4.39. The van der Waals surface area contributed by atoms with Gasteiger partial charge in [-0.15, -0.1) is 0 Å². The van der Waals surface area contributed by atoms with E-state index >= 15 is 0 Å². The Kier molecular flexibility index (Phi) is 4.92. The van der Waals surface area contributed by atoms with Gasteiger partial charge in [-0.05, 0) is 0 Å². The van der Waals surface area contributed by atoms with Crippen molar-refractivity contribution in [1.82, 2.24) is 20.8 Å². The molecule has 120 valence electrons. The van der Waals surface area contributed by atoms with Gasteiger partial charge in [-0.25, -0.2) is 0 Å². The summed E-state index contributed by atoms with van der Waals surface area (Å²) in [7, 11) is 0. The van der Waals surface area contributed by atoms with Gasteiger partial charge in [-0.2, -0.15) is 16.7 Å². The van der Waals surface area contributed by atoms with Gasteiger partial charge in [-0.3, -0.25) is 9.59 Å². The highest BCUT2D eigenvalue weighted by Gasteiger charge is 2.23. The third-order valence-electron chi connectivity index (χ3n) is 3.32. The van der Waals surface area contributed by atoms with Crippen molar-refractivity contribution >= 4 is 23.6 Å². The summed E-state index contributed by atoms with van der Waals surface area (Å²) in [5, 5.41) is 9.32. The molecule has 2 amide bonds. The average molecular weight is 332 g/mol. The van der Waals surface area contributed by atoms with E-state index in [0.29, 0.717) is 23.9 Å². The number of aromatic nitrogens is 2. The molecule has 1 aromatic carbocycles. The van der Waals surface area contributed by atoms with Crippen molar-refractivity contribution in [3.05, 3.63) is 36.2 Å². The maximum atomic E-state index is 12.1. The summed E-state index contributed by atoms with van der Waals surface area (Å²) in [6, 6.07) is 8.92. The Morgan fingerprint density at radius 2 is 2.22 bits per heavy atom. The second kappa shape index (κ2) is 7.28. The molecule has 0 bridgehead atoms. The van der Waals surface area contributed by atoms with E-state index < -0.39 is 6.04 Å². The monoisotopic (exact) mass is 332 g/mol. The van der Waals surface area contributed by atoms with Crippen LogP contribution in [0.15, 0.2) is 34.9 Å². The zero-order chi connectivity index (χ0) is 16.1. The van der Waals surface area contributed by atoms with Gasteiger partial charge in [0.25, 0.3) is 0 Å². The number of nitrogens with zero attached hydrogens (tertiary/aromatic N) is 2. The van der Waals surface area contributed by atoms with E-state index in [4.69, 9.17) is 4.52 Å². The quantitative estimate of drug-likeness (QED) is 0.866. The molecule has 1 aromatic heterocycles. The summed E-state index contributed by atoms with van der Waals surface area (Å²) in [5.74, 6) is 1.76. The summed E-state index contributed by atoms with van der Waals surface area (Å²) in [6.07, 6.45) is 0.443. The van der Waals surface area contributed by atoms with E-state index in [1.165, 1.54) is 0 Å². The Labute approximate surface area is 137 Å². The summed E-state index contributed by atoms with van der Waals surface area (Å²) >= 11 is 1.58. The lowest BCUT2D eigenvalue weighted by Gasteiger charge is -2.14. The van der Waals surface area contributed by atoms with Crippen LogP contribution in [-0.2, 0) is 16.1 Å². The van der Waals surface area contributed by atoms with Crippen molar-refractivity contribution in [2.45, 2.75) is 19.0 Å². The SMILES string of the molecule is O=C1CCSCC(C(=O)NCc2nc(-c3ccccc3)no2)N1. The molecule has 0 aliphatic carbocycles. The van der Waals surface area contributed by atoms with Gasteiger partial charge < -0.3 is 15.2 Å². The Morgan fingerprint density at radius 1 is 1.39 bits per heavy atom. The fourth-order valence-electron chi connectivity index (χ4n) is 2.13. The number of carbonyl (C=O) groups excluding carboxylic acids is 2. The van der Waals surface area contributed by atoms with Crippen molar-refractivity contribution in [2.24, 2.45) is 0 Å². The highest BCUT2D eigenvalue weighted by molar-refractivity contribution is 7.99. The van der Waals surface area contributed by atoms with E-state index in [2.05, 4.69) is 20.8 Å². The molecule has 1 unspecified atom stereocenters. The minimum Gasteiger partial charge on any atom is -0.345 e. The first kappa shape index (κ1) is 15.5. The summed E-state index contributed by atoms with van der Waals surface area (Å²) in [4.78, 5) is 27.9. The molecule has 1 aliphatic heterocycles. The first-order valence-electron chi connectivity index (χ1n) is 7.25. The Bertz CT molecular complexity index is 689. The summed E-state index contributed by atoms with van der Waals surface area (Å²) < 4.78 is 5.13. The van der Waals surface area contributed by atoms with Gasteiger partial charge in [0.05, 0.1) is 6.54 Å². The number of nitrogens with one attached hydrogen (secondary N) is 2. The number of thioether (sulfide) groups is 1. The minimum absolute atomic E-state index is 0.0979. The van der Waals surface area contributed by atoms with Gasteiger partial charge in [-0.1, -0.05) is 35.5 Å². The third kappa shape index (κ3) is 4.10. The van der Waals surface area contributed by atoms with Crippen LogP contribution in [0.25, 0.3) is 11.4 Å². The first-order valence-corrected chi connectivity index (χ1v) is 8.40. The summed E-state index contributed by atoms with van der Waals surface area (Å²) in [6.45, 7) is 0.135. The molecule has 1 atom stereocenters. The predicted molar refractivity (Wildman–Crippen MR) is 85.5 cm³/mol. The van der Waals surface area contributed by atoms with Gasteiger partial charge in [0, 0.05) is 23.5 Å². The summed E-state index contributed by atoms with van der Waals surface area (Å²) in [5.41, 5.74) is 0.848. The number of hydrogen-bond acceptors (Lipinski definition) is 6. The van der Waals surface area contributed by atoms with Crippen LogP contribution in [-0.4, -0.2) is 39.5 Å². The molecular weight excluding hydrogens is 316 g/mol. The first-order chi connectivity index (χ1) is 11.2. The molecule has 23 heavy (non-hydrogen) atoms. The number of amides is 2. The normalized spacial score (nSPS) is 18.1. The minimum atomic E-state index is -0.522. The van der Waals surface area contributed by atoms with Crippen molar-refractivity contribution in [1.29, 1.82) is 0 Å². The fraction of sp³-hybridized carbons (Fsp3) is 0.333. The van der Waals surface area contributed by atoms with E-state index in [9.17, 15) is 9.59 Å². The van der Waals surface area contributed by atoms with Crippen LogP contribution in [0.2, 0.25) is 0 Å². The molecule has 3 rings (SSSR count). The van der Waals surface area contributed by atoms with Crippen LogP contribution in [0.1, 0.15) is 12.3 Å². The topological polar surface area (TPSA) is 97.1 Å². The van der Waals surface area contributed by atoms with E-state index in [0.717, 1.165) is 11.3 Å². The molecule has 7 nitrogen and oxygen atoms in total. The molecule has 2 aromatic rings. The maximum absolute atomic E-state index is 12.1. The fourth-order valence-corrected chi connectivity index (χ4v) is 3.10. The second-order valence-electron chi connectivity index (χ2n) is 5.04. The van der Waals surface area contributed by atoms with Gasteiger partial charge in [0.2, 0.25) is 23.5 Å². The molecule has 1 aliphatic rings. The van der Waals surface area contributed by atoms with Crippen LogP contribution in [0.4, 0.5) is 0 Å². The smallest absolute Gasteiger partial charge is 0.246 e. The average Bonchev–Trinajstić information content (AvgIpc) is 2.94. The Morgan fingerprint density at radius 3 is 3.04 bits per heavy atom.